The molecule has 1 rings (SSSR count). The number of aliphatic hydroxyl groups is 1. The van der Waals surface area contributed by atoms with Gasteiger partial charge in [0.15, 0.2) is 0 Å². The zero-order chi connectivity index (χ0) is 9.35. The van der Waals surface area contributed by atoms with Crippen molar-refractivity contribution in [1.29, 1.82) is 0 Å². The molecule has 0 aliphatic carbocycles. The van der Waals surface area contributed by atoms with E-state index in [9.17, 15) is 5.11 Å². The Hall–Kier alpha value is -0.340. The molecule has 0 heterocycles. The van der Waals surface area contributed by atoms with Gasteiger partial charge in [-0.3, -0.25) is 0 Å². The van der Waals surface area contributed by atoms with Crippen molar-refractivity contribution < 1.29 is 5.11 Å². The molecule has 1 aromatic rings. The Balaban J connectivity index is 3.31. The molecule has 0 radical (unpaired) electrons. The largest absolute Gasteiger partial charge is 0.386 e. The molecule has 0 atom stereocenters. The average Bonchev–Trinajstić information content (AvgIpc) is 1.82. The number of benzene rings is 1. The molecule has 0 saturated carbocycles. The van der Waals surface area contributed by atoms with E-state index in [0.717, 1.165) is 15.6 Å². The van der Waals surface area contributed by atoms with Crippen LogP contribution in [-0.2, 0) is 5.60 Å². The van der Waals surface area contributed by atoms with Gasteiger partial charge >= 0.3 is 0 Å². The Kier molecular flexibility index (Phi) is 2.59. The lowest BCUT2D eigenvalue weighted by atomic mass is 9.94. The molecule has 66 valence electrons. The van der Waals surface area contributed by atoms with Crippen LogP contribution in [0.4, 0.5) is 0 Å². The molecule has 0 amide bonds. The third-order valence-corrected chi connectivity index (χ3v) is 2.49. The zero-order valence-corrected chi connectivity index (χ0v) is 9.14. The summed E-state index contributed by atoms with van der Waals surface area (Å²) < 4.78 is 0.968. The predicted octanol–water partition coefficient (Wildman–Crippen LogP) is 2.98. The minimum atomic E-state index is -0.774. The first-order valence-corrected chi connectivity index (χ1v) is 4.70. The van der Waals surface area contributed by atoms with E-state index in [1.165, 1.54) is 0 Å². The Morgan fingerprint density at radius 1 is 1.33 bits per heavy atom. The highest BCUT2D eigenvalue weighted by Crippen LogP contribution is 2.30. The van der Waals surface area contributed by atoms with Crippen molar-refractivity contribution in [3.05, 3.63) is 33.8 Å². The van der Waals surface area contributed by atoms with Crippen LogP contribution in [0.2, 0.25) is 0 Å². The summed E-state index contributed by atoms with van der Waals surface area (Å²) in [4.78, 5) is 0. The number of hydrogen-bond acceptors (Lipinski definition) is 1. The summed E-state index contributed by atoms with van der Waals surface area (Å²) in [6, 6.07) is 5.91. The van der Waals surface area contributed by atoms with E-state index in [1.54, 1.807) is 13.8 Å². The van der Waals surface area contributed by atoms with E-state index >= 15 is 0 Å². The molecule has 0 aromatic heterocycles. The number of aryl methyl sites for hydroxylation is 1. The van der Waals surface area contributed by atoms with Gasteiger partial charge < -0.3 is 5.11 Å². The topological polar surface area (TPSA) is 20.2 Å². The third kappa shape index (κ3) is 1.87. The summed E-state index contributed by atoms with van der Waals surface area (Å²) in [7, 11) is 0. The minimum absolute atomic E-state index is 0.774. The smallest absolute Gasteiger partial charge is 0.0853 e. The van der Waals surface area contributed by atoms with Crippen molar-refractivity contribution in [3.8, 4) is 0 Å². The summed E-state index contributed by atoms with van der Waals surface area (Å²) in [5.74, 6) is 0. The third-order valence-electron chi connectivity index (χ3n) is 1.83. The highest BCUT2D eigenvalue weighted by molar-refractivity contribution is 9.10. The first kappa shape index (κ1) is 9.75. The van der Waals surface area contributed by atoms with Crippen LogP contribution >= 0.6 is 15.9 Å². The Labute approximate surface area is 81.6 Å². The molecular weight excluding hydrogens is 216 g/mol. The van der Waals surface area contributed by atoms with Crippen LogP contribution < -0.4 is 0 Å². The van der Waals surface area contributed by atoms with Crippen LogP contribution in [0.15, 0.2) is 22.7 Å². The minimum Gasteiger partial charge on any atom is -0.386 e. The van der Waals surface area contributed by atoms with Crippen LogP contribution in [-0.4, -0.2) is 5.11 Å². The number of hydrogen-bond donors (Lipinski definition) is 1. The fourth-order valence-corrected chi connectivity index (χ4v) is 2.36. The highest BCUT2D eigenvalue weighted by atomic mass is 79.9. The van der Waals surface area contributed by atoms with E-state index in [-0.39, 0.29) is 0 Å². The standard InChI is InChI=1S/C10H13BrO/c1-7-5-4-6-8(11)9(7)10(2,3)12/h4-6,12H,1-3H3. The molecule has 12 heavy (non-hydrogen) atoms. The van der Waals surface area contributed by atoms with Gasteiger partial charge in [0.05, 0.1) is 5.60 Å². The van der Waals surface area contributed by atoms with Crippen molar-refractivity contribution in [2.75, 3.05) is 0 Å². The maximum atomic E-state index is 9.82. The second kappa shape index (κ2) is 3.19. The van der Waals surface area contributed by atoms with Crippen LogP contribution in [0, 0.1) is 6.92 Å². The summed E-state index contributed by atoms with van der Waals surface area (Å²) >= 11 is 3.42. The molecule has 0 saturated heterocycles. The van der Waals surface area contributed by atoms with E-state index < -0.39 is 5.60 Å². The highest BCUT2D eigenvalue weighted by Gasteiger charge is 2.20. The van der Waals surface area contributed by atoms with Gasteiger partial charge in [0.1, 0.15) is 0 Å². The van der Waals surface area contributed by atoms with Gasteiger partial charge in [-0.05, 0) is 32.4 Å². The lowest BCUT2D eigenvalue weighted by molar-refractivity contribution is 0.0771. The van der Waals surface area contributed by atoms with E-state index in [2.05, 4.69) is 15.9 Å². The quantitative estimate of drug-likeness (QED) is 0.784. The first-order chi connectivity index (χ1) is 5.43. The normalized spacial score (nSPS) is 11.8. The molecule has 0 spiro atoms. The first-order valence-electron chi connectivity index (χ1n) is 3.91. The fraction of sp³-hybridized carbons (Fsp3) is 0.400. The summed E-state index contributed by atoms with van der Waals surface area (Å²) in [6.45, 7) is 5.58. The Bertz CT molecular complexity index is 266. The molecule has 0 fully saturated rings. The summed E-state index contributed by atoms with van der Waals surface area (Å²) in [5, 5.41) is 9.82. The maximum absolute atomic E-state index is 9.82. The molecule has 0 unspecified atom stereocenters. The summed E-state index contributed by atoms with van der Waals surface area (Å²) in [5.41, 5.74) is 1.30. The molecule has 1 nitrogen and oxygen atoms in total. The lowest BCUT2D eigenvalue weighted by Gasteiger charge is -2.21. The molecule has 0 bridgehead atoms. The van der Waals surface area contributed by atoms with E-state index in [4.69, 9.17) is 0 Å². The molecule has 1 N–H and O–H groups in total. The fourth-order valence-electron chi connectivity index (χ4n) is 1.41. The zero-order valence-electron chi connectivity index (χ0n) is 7.56. The monoisotopic (exact) mass is 228 g/mol. The second-order valence-corrected chi connectivity index (χ2v) is 4.35. The van der Waals surface area contributed by atoms with Crippen molar-refractivity contribution in [2.24, 2.45) is 0 Å². The molecule has 2 heteroatoms. The van der Waals surface area contributed by atoms with Crippen molar-refractivity contribution in [3.63, 3.8) is 0 Å². The lowest BCUT2D eigenvalue weighted by Crippen LogP contribution is -2.17. The van der Waals surface area contributed by atoms with Gasteiger partial charge in [0.2, 0.25) is 0 Å². The average molecular weight is 229 g/mol. The van der Waals surface area contributed by atoms with Gasteiger partial charge in [-0.15, -0.1) is 0 Å². The second-order valence-electron chi connectivity index (χ2n) is 3.49. The maximum Gasteiger partial charge on any atom is 0.0853 e. The van der Waals surface area contributed by atoms with Crippen LogP contribution in [0.1, 0.15) is 25.0 Å². The molecular formula is C10H13BrO. The molecule has 1 aromatic carbocycles. The van der Waals surface area contributed by atoms with Crippen LogP contribution in [0.5, 0.6) is 0 Å². The SMILES string of the molecule is Cc1cccc(Br)c1C(C)(C)O. The van der Waals surface area contributed by atoms with Gasteiger partial charge in [-0.2, -0.15) is 0 Å². The number of rotatable bonds is 1. The van der Waals surface area contributed by atoms with Crippen molar-refractivity contribution in [1.82, 2.24) is 0 Å². The Morgan fingerprint density at radius 3 is 2.25 bits per heavy atom. The molecule has 0 aliphatic heterocycles. The number of halogens is 1. The van der Waals surface area contributed by atoms with Crippen molar-refractivity contribution >= 4 is 15.9 Å². The van der Waals surface area contributed by atoms with Gasteiger partial charge in [0, 0.05) is 10.0 Å². The molecule has 0 aliphatic rings. The van der Waals surface area contributed by atoms with Gasteiger partial charge in [0.25, 0.3) is 0 Å². The van der Waals surface area contributed by atoms with E-state index in [1.807, 2.05) is 25.1 Å². The van der Waals surface area contributed by atoms with Crippen molar-refractivity contribution in [2.45, 2.75) is 26.4 Å². The summed E-state index contributed by atoms with van der Waals surface area (Å²) in [6.07, 6.45) is 0. The van der Waals surface area contributed by atoms with Crippen LogP contribution in [0.25, 0.3) is 0 Å². The van der Waals surface area contributed by atoms with Gasteiger partial charge in [-0.1, -0.05) is 28.1 Å². The van der Waals surface area contributed by atoms with Crippen LogP contribution in [0.3, 0.4) is 0 Å². The van der Waals surface area contributed by atoms with Gasteiger partial charge in [-0.25, -0.2) is 0 Å². The van der Waals surface area contributed by atoms with E-state index in [0.29, 0.717) is 0 Å². The Morgan fingerprint density at radius 2 is 1.92 bits per heavy atom. The predicted molar refractivity (Wildman–Crippen MR) is 54.1 cm³/mol.